The van der Waals surface area contributed by atoms with E-state index in [1.165, 1.54) is 11.8 Å². The SMILES string of the molecule is Cc1ccc(Cl)cc1NC(=O)CSc1nnnn1Cc1ccco1. The average Bonchev–Trinajstić information content (AvgIpc) is 3.21. The summed E-state index contributed by atoms with van der Waals surface area (Å²) < 4.78 is 6.86. The highest BCUT2D eigenvalue weighted by molar-refractivity contribution is 7.99. The number of hydrogen-bond acceptors (Lipinski definition) is 6. The number of carbonyl (C=O) groups is 1. The van der Waals surface area contributed by atoms with Crippen LogP contribution in [0.4, 0.5) is 5.69 Å². The molecule has 0 atom stereocenters. The summed E-state index contributed by atoms with van der Waals surface area (Å²) in [6, 6.07) is 9.00. The first-order valence-corrected chi connectivity index (χ1v) is 8.45. The molecule has 9 heteroatoms. The van der Waals surface area contributed by atoms with Crippen LogP contribution in [-0.2, 0) is 11.3 Å². The normalized spacial score (nSPS) is 10.8. The number of benzene rings is 1. The standard InChI is InChI=1S/C15H14ClN5O2S/c1-10-4-5-11(16)7-13(10)17-14(22)9-24-15-18-19-20-21(15)8-12-3-2-6-23-12/h2-7H,8-9H2,1H3,(H,17,22). The van der Waals surface area contributed by atoms with Crippen LogP contribution in [0.15, 0.2) is 46.2 Å². The number of rotatable bonds is 6. The predicted molar refractivity (Wildman–Crippen MR) is 91.2 cm³/mol. The van der Waals surface area contributed by atoms with Gasteiger partial charge in [0.05, 0.1) is 12.0 Å². The average molecular weight is 364 g/mol. The number of thioether (sulfide) groups is 1. The second-order valence-electron chi connectivity index (χ2n) is 4.99. The zero-order valence-corrected chi connectivity index (χ0v) is 14.3. The molecule has 0 aliphatic carbocycles. The molecule has 1 aromatic carbocycles. The van der Waals surface area contributed by atoms with E-state index in [0.29, 0.717) is 22.4 Å². The molecule has 1 amide bonds. The number of amides is 1. The summed E-state index contributed by atoms with van der Waals surface area (Å²) >= 11 is 7.20. The molecule has 3 aromatic rings. The van der Waals surface area contributed by atoms with E-state index in [-0.39, 0.29) is 11.7 Å². The van der Waals surface area contributed by atoms with E-state index < -0.39 is 0 Å². The van der Waals surface area contributed by atoms with Crippen molar-refractivity contribution >= 4 is 35.0 Å². The second-order valence-corrected chi connectivity index (χ2v) is 6.37. The van der Waals surface area contributed by atoms with Gasteiger partial charge in [0.25, 0.3) is 0 Å². The van der Waals surface area contributed by atoms with Crippen LogP contribution in [0.3, 0.4) is 0 Å². The van der Waals surface area contributed by atoms with E-state index in [2.05, 4.69) is 20.8 Å². The Morgan fingerprint density at radius 2 is 2.29 bits per heavy atom. The number of furan rings is 1. The largest absolute Gasteiger partial charge is 0.467 e. The van der Waals surface area contributed by atoms with Crippen LogP contribution in [0.5, 0.6) is 0 Å². The lowest BCUT2D eigenvalue weighted by atomic mass is 10.2. The highest BCUT2D eigenvalue weighted by Gasteiger charge is 2.12. The maximum Gasteiger partial charge on any atom is 0.234 e. The van der Waals surface area contributed by atoms with Crippen molar-refractivity contribution in [3.05, 3.63) is 52.9 Å². The Morgan fingerprint density at radius 1 is 1.42 bits per heavy atom. The third-order valence-electron chi connectivity index (χ3n) is 3.19. The molecule has 24 heavy (non-hydrogen) atoms. The molecule has 0 radical (unpaired) electrons. The van der Waals surface area contributed by atoms with Crippen LogP contribution in [0.1, 0.15) is 11.3 Å². The number of nitrogens with zero attached hydrogens (tertiary/aromatic N) is 4. The number of halogens is 1. The Bertz CT molecular complexity index is 834. The first kappa shape index (κ1) is 16.5. The summed E-state index contributed by atoms with van der Waals surface area (Å²) in [4.78, 5) is 12.1. The molecule has 3 rings (SSSR count). The van der Waals surface area contributed by atoms with Crippen molar-refractivity contribution < 1.29 is 9.21 Å². The molecule has 2 heterocycles. The lowest BCUT2D eigenvalue weighted by Crippen LogP contribution is -2.15. The van der Waals surface area contributed by atoms with Gasteiger partial charge in [-0.1, -0.05) is 29.4 Å². The Balaban J connectivity index is 1.59. The summed E-state index contributed by atoms with van der Waals surface area (Å²) in [5.74, 6) is 0.769. The zero-order chi connectivity index (χ0) is 16.9. The first-order valence-electron chi connectivity index (χ1n) is 7.09. The van der Waals surface area contributed by atoms with Crippen molar-refractivity contribution in [3.8, 4) is 0 Å². The number of aromatic nitrogens is 4. The number of hydrogen-bond donors (Lipinski definition) is 1. The van der Waals surface area contributed by atoms with Gasteiger partial charge < -0.3 is 9.73 Å². The van der Waals surface area contributed by atoms with Crippen LogP contribution in [0, 0.1) is 6.92 Å². The molecule has 0 unspecified atom stereocenters. The lowest BCUT2D eigenvalue weighted by molar-refractivity contribution is -0.113. The number of carbonyl (C=O) groups excluding carboxylic acids is 1. The molecule has 0 saturated heterocycles. The van der Waals surface area contributed by atoms with E-state index in [4.69, 9.17) is 16.0 Å². The minimum absolute atomic E-state index is 0.155. The van der Waals surface area contributed by atoms with Gasteiger partial charge in [0, 0.05) is 10.7 Å². The van der Waals surface area contributed by atoms with Gasteiger partial charge in [0.1, 0.15) is 12.3 Å². The Hall–Kier alpha value is -2.32. The number of aryl methyl sites for hydroxylation is 1. The molecule has 7 nitrogen and oxygen atoms in total. The van der Waals surface area contributed by atoms with Gasteiger partial charge >= 0.3 is 0 Å². The van der Waals surface area contributed by atoms with Crippen molar-refractivity contribution in [2.24, 2.45) is 0 Å². The Kier molecular flexibility index (Phi) is 5.17. The molecule has 0 spiro atoms. The van der Waals surface area contributed by atoms with Crippen LogP contribution >= 0.6 is 23.4 Å². The molecule has 0 aliphatic rings. The van der Waals surface area contributed by atoms with Gasteiger partial charge in [-0.15, -0.1) is 5.10 Å². The summed E-state index contributed by atoms with van der Waals surface area (Å²) in [5, 5.41) is 15.4. The predicted octanol–water partition coefficient (Wildman–Crippen LogP) is 3.01. The third-order valence-corrected chi connectivity index (χ3v) is 4.38. The van der Waals surface area contributed by atoms with Crippen LogP contribution in [0.2, 0.25) is 5.02 Å². The Morgan fingerprint density at radius 3 is 3.08 bits per heavy atom. The Labute approximate surface area is 147 Å². The summed E-state index contributed by atoms with van der Waals surface area (Å²) in [6.45, 7) is 2.32. The highest BCUT2D eigenvalue weighted by Crippen LogP contribution is 2.21. The van der Waals surface area contributed by atoms with Crippen molar-refractivity contribution in [3.63, 3.8) is 0 Å². The smallest absolute Gasteiger partial charge is 0.234 e. The van der Waals surface area contributed by atoms with Crippen LogP contribution in [0.25, 0.3) is 0 Å². The van der Waals surface area contributed by atoms with E-state index in [1.807, 2.05) is 19.1 Å². The van der Waals surface area contributed by atoms with E-state index in [9.17, 15) is 4.79 Å². The third kappa shape index (κ3) is 4.15. The fourth-order valence-electron chi connectivity index (χ4n) is 1.99. The van der Waals surface area contributed by atoms with E-state index in [1.54, 1.807) is 29.1 Å². The topological polar surface area (TPSA) is 85.8 Å². The van der Waals surface area contributed by atoms with Gasteiger partial charge in [-0.25, -0.2) is 4.68 Å². The van der Waals surface area contributed by atoms with Crippen LogP contribution < -0.4 is 5.32 Å². The van der Waals surface area contributed by atoms with Gasteiger partial charge in [-0.3, -0.25) is 4.79 Å². The fraction of sp³-hybridized carbons (Fsp3) is 0.200. The molecular weight excluding hydrogens is 350 g/mol. The molecule has 0 bridgehead atoms. The van der Waals surface area contributed by atoms with Crippen molar-refractivity contribution in [1.82, 2.24) is 20.2 Å². The van der Waals surface area contributed by atoms with E-state index in [0.717, 1.165) is 11.3 Å². The fourth-order valence-corrected chi connectivity index (χ4v) is 2.84. The molecule has 0 aliphatic heterocycles. The quantitative estimate of drug-likeness (QED) is 0.677. The van der Waals surface area contributed by atoms with Gasteiger partial charge in [0.15, 0.2) is 0 Å². The van der Waals surface area contributed by atoms with Gasteiger partial charge in [-0.05, 0) is 47.2 Å². The number of anilines is 1. The highest BCUT2D eigenvalue weighted by atomic mass is 35.5. The summed E-state index contributed by atoms with van der Waals surface area (Å²) in [6.07, 6.45) is 1.59. The molecular formula is C15H14ClN5O2S. The lowest BCUT2D eigenvalue weighted by Gasteiger charge is -2.08. The zero-order valence-electron chi connectivity index (χ0n) is 12.8. The van der Waals surface area contributed by atoms with Crippen molar-refractivity contribution in [2.45, 2.75) is 18.6 Å². The maximum atomic E-state index is 12.1. The van der Waals surface area contributed by atoms with Crippen molar-refractivity contribution in [1.29, 1.82) is 0 Å². The van der Waals surface area contributed by atoms with Crippen molar-refractivity contribution in [2.75, 3.05) is 11.1 Å². The molecule has 2 aromatic heterocycles. The number of tetrazole rings is 1. The monoisotopic (exact) mass is 363 g/mol. The maximum absolute atomic E-state index is 12.1. The van der Waals surface area contributed by atoms with Gasteiger partial charge in [0.2, 0.25) is 11.1 Å². The minimum Gasteiger partial charge on any atom is -0.467 e. The second kappa shape index (κ2) is 7.50. The summed E-state index contributed by atoms with van der Waals surface area (Å²) in [5.41, 5.74) is 1.64. The molecule has 0 fully saturated rings. The van der Waals surface area contributed by atoms with Crippen LogP contribution in [-0.4, -0.2) is 31.9 Å². The van der Waals surface area contributed by atoms with Gasteiger partial charge in [-0.2, -0.15) is 0 Å². The van der Waals surface area contributed by atoms with E-state index >= 15 is 0 Å². The first-order chi connectivity index (χ1) is 11.6. The molecule has 124 valence electrons. The number of nitrogens with one attached hydrogen (secondary N) is 1. The minimum atomic E-state index is -0.155. The summed E-state index contributed by atoms with van der Waals surface area (Å²) in [7, 11) is 0. The molecule has 0 saturated carbocycles. The molecule has 1 N–H and O–H groups in total.